The van der Waals surface area contributed by atoms with Crippen molar-refractivity contribution in [1.29, 1.82) is 0 Å². The molecule has 0 unspecified atom stereocenters. The Morgan fingerprint density at radius 1 is 1.32 bits per heavy atom. The summed E-state index contributed by atoms with van der Waals surface area (Å²) < 4.78 is 36.5. The van der Waals surface area contributed by atoms with Gasteiger partial charge in [0.05, 0.1) is 0 Å². The van der Waals surface area contributed by atoms with Crippen LogP contribution < -0.4 is 4.90 Å². The van der Waals surface area contributed by atoms with E-state index in [0.29, 0.717) is 18.5 Å². The van der Waals surface area contributed by atoms with Crippen LogP contribution in [0.25, 0.3) is 0 Å². The standard InChI is InChI=1S/C13H12F3NO2/c1-17-10-4-2-9(11(18)7-13(14,15)16)6-8(10)3-5-12(17)19/h2,4,6H,3,5,7H2,1H3. The lowest BCUT2D eigenvalue weighted by atomic mass is 9.97. The fraction of sp³-hybridized carbons (Fsp3) is 0.385. The summed E-state index contributed by atoms with van der Waals surface area (Å²) >= 11 is 0. The molecule has 0 aromatic heterocycles. The molecule has 1 aromatic rings. The molecule has 0 saturated carbocycles. The van der Waals surface area contributed by atoms with E-state index in [9.17, 15) is 22.8 Å². The monoisotopic (exact) mass is 271 g/mol. The Balaban J connectivity index is 2.27. The van der Waals surface area contributed by atoms with Crippen LogP contribution in [0, 0.1) is 0 Å². The zero-order valence-electron chi connectivity index (χ0n) is 10.3. The Morgan fingerprint density at radius 3 is 2.63 bits per heavy atom. The molecule has 3 nitrogen and oxygen atoms in total. The maximum atomic E-state index is 12.2. The van der Waals surface area contributed by atoms with Gasteiger partial charge in [-0.05, 0) is 30.2 Å². The number of hydrogen-bond donors (Lipinski definition) is 0. The van der Waals surface area contributed by atoms with Crippen LogP contribution in [-0.2, 0) is 11.2 Å². The molecule has 19 heavy (non-hydrogen) atoms. The van der Waals surface area contributed by atoms with Gasteiger partial charge in [0, 0.05) is 24.7 Å². The summed E-state index contributed by atoms with van der Waals surface area (Å²) in [7, 11) is 1.61. The topological polar surface area (TPSA) is 37.4 Å². The third-order valence-electron chi connectivity index (χ3n) is 3.11. The molecular formula is C13H12F3NO2. The average molecular weight is 271 g/mol. The highest BCUT2D eigenvalue weighted by Gasteiger charge is 2.32. The molecule has 1 aromatic carbocycles. The van der Waals surface area contributed by atoms with Crippen molar-refractivity contribution >= 4 is 17.4 Å². The second kappa shape index (κ2) is 4.68. The largest absolute Gasteiger partial charge is 0.396 e. The molecule has 0 aliphatic carbocycles. The van der Waals surface area contributed by atoms with Gasteiger partial charge < -0.3 is 4.90 Å². The first-order valence-electron chi connectivity index (χ1n) is 5.77. The first-order chi connectivity index (χ1) is 8.78. The van der Waals surface area contributed by atoms with Crippen molar-refractivity contribution in [2.45, 2.75) is 25.4 Å². The SMILES string of the molecule is CN1C(=O)CCc2cc(C(=O)CC(F)(F)F)ccc21. The number of halogens is 3. The fourth-order valence-corrected chi connectivity index (χ4v) is 2.11. The second-order valence-electron chi connectivity index (χ2n) is 4.51. The first-order valence-corrected chi connectivity index (χ1v) is 5.77. The van der Waals surface area contributed by atoms with Crippen LogP contribution in [0.5, 0.6) is 0 Å². The maximum absolute atomic E-state index is 12.2. The predicted octanol–water partition coefficient (Wildman–Crippen LogP) is 2.73. The van der Waals surface area contributed by atoms with Crippen molar-refractivity contribution < 1.29 is 22.8 Å². The number of aryl methyl sites for hydroxylation is 1. The second-order valence-corrected chi connectivity index (χ2v) is 4.51. The van der Waals surface area contributed by atoms with E-state index in [1.165, 1.54) is 23.1 Å². The minimum absolute atomic E-state index is 0.0399. The smallest absolute Gasteiger partial charge is 0.315 e. The molecule has 102 valence electrons. The summed E-state index contributed by atoms with van der Waals surface area (Å²) in [5.41, 5.74) is 1.42. The molecule has 0 N–H and O–H groups in total. The van der Waals surface area contributed by atoms with E-state index in [-0.39, 0.29) is 11.5 Å². The Morgan fingerprint density at radius 2 is 2.00 bits per heavy atom. The van der Waals surface area contributed by atoms with Crippen molar-refractivity contribution in [3.05, 3.63) is 29.3 Å². The fourth-order valence-electron chi connectivity index (χ4n) is 2.11. The van der Waals surface area contributed by atoms with Crippen molar-refractivity contribution in [3.8, 4) is 0 Å². The third-order valence-corrected chi connectivity index (χ3v) is 3.11. The van der Waals surface area contributed by atoms with Crippen LogP contribution in [0.3, 0.4) is 0 Å². The van der Waals surface area contributed by atoms with Crippen LogP contribution in [0.4, 0.5) is 18.9 Å². The van der Waals surface area contributed by atoms with Crippen molar-refractivity contribution in [1.82, 2.24) is 0 Å². The van der Waals surface area contributed by atoms with E-state index in [2.05, 4.69) is 0 Å². The Kier molecular flexibility index (Phi) is 3.34. The van der Waals surface area contributed by atoms with E-state index in [1.54, 1.807) is 7.05 Å². The maximum Gasteiger partial charge on any atom is 0.396 e. The number of hydrogen-bond acceptors (Lipinski definition) is 2. The number of ketones is 1. The minimum Gasteiger partial charge on any atom is -0.315 e. The zero-order valence-corrected chi connectivity index (χ0v) is 10.3. The van der Waals surface area contributed by atoms with Crippen molar-refractivity contribution in [2.24, 2.45) is 0 Å². The number of carbonyl (C=O) groups is 2. The van der Waals surface area contributed by atoms with Crippen LogP contribution in [0.15, 0.2) is 18.2 Å². The van der Waals surface area contributed by atoms with Crippen molar-refractivity contribution in [3.63, 3.8) is 0 Å². The molecule has 1 aliphatic rings. The van der Waals surface area contributed by atoms with E-state index in [0.717, 1.165) is 5.56 Å². The van der Waals surface area contributed by atoms with Crippen LogP contribution >= 0.6 is 0 Å². The minimum atomic E-state index is -4.50. The summed E-state index contributed by atoms with van der Waals surface area (Å²) in [6, 6.07) is 4.31. The van der Waals surface area contributed by atoms with E-state index in [1.807, 2.05) is 0 Å². The highest BCUT2D eigenvalue weighted by atomic mass is 19.4. The van der Waals surface area contributed by atoms with Gasteiger partial charge in [-0.25, -0.2) is 0 Å². The van der Waals surface area contributed by atoms with Gasteiger partial charge in [-0.1, -0.05) is 0 Å². The van der Waals surface area contributed by atoms with Crippen LogP contribution in [-0.4, -0.2) is 24.9 Å². The van der Waals surface area contributed by atoms with Gasteiger partial charge in [0.15, 0.2) is 5.78 Å². The van der Waals surface area contributed by atoms with E-state index >= 15 is 0 Å². The highest BCUT2D eigenvalue weighted by Crippen LogP contribution is 2.29. The molecule has 1 heterocycles. The summed E-state index contributed by atoms with van der Waals surface area (Å²) in [5, 5.41) is 0. The first kappa shape index (κ1) is 13.6. The normalized spacial score (nSPS) is 15.4. The third kappa shape index (κ3) is 2.94. The number of anilines is 1. The van der Waals surface area contributed by atoms with Gasteiger partial charge >= 0.3 is 6.18 Å². The number of nitrogens with zero attached hydrogens (tertiary/aromatic N) is 1. The van der Waals surface area contributed by atoms with Crippen LogP contribution in [0.2, 0.25) is 0 Å². The van der Waals surface area contributed by atoms with Gasteiger partial charge in [-0.3, -0.25) is 9.59 Å². The lowest BCUT2D eigenvalue weighted by molar-refractivity contribution is -0.125. The zero-order chi connectivity index (χ0) is 14.2. The van der Waals surface area contributed by atoms with E-state index in [4.69, 9.17) is 0 Å². The predicted molar refractivity (Wildman–Crippen MR) is 63.2 cm³/mol. The summed E-state index contributed by atoms with van der Waals surface area (Å²) in [5.74, 6) is -0.989. The number of benzene rings is 1. The van der Waals surface area contributed by atoms with Gasteiger partial charge in [0.1, 0.15) is 6.42 Å². The van der Waals surface area contributed by atoms with Gasteiger partial charge in [-0.15, -0.1) is 0 Å². The molecular weight excluding hydrogens is 259 g/mol. The van der Waals surface area contributed by atoms with Gasteiger partial charge in [-0.2, -0.15) is 13.2 Å². The summed E-state index contributed by atoms with van der Waals surface area (Å²) in [4.78, 5) is 24.4. The Labute approximate surface area is 108 Å². The lowest BCUT2D eigenvalue weighted by Gasteiger charge is -2.26. The molecule has 0 bridgehead atoms. The molecule has 0 spiro atoms. The number of carbonyl (C=O) groups excluding carboxylic acids is 2. The Hall–Kier alpha value is -1.85. The molecule has 1 amide bonds. The van der Waals surface area contributed by atoms with Crippen molar-refractivity contribution in [2.75, 3.05) is 11.9 Å². The number of rotatable bonds is 2. The van der Waals surface area contributed by atoms with E-state index < -0.39 is 18.4 Å². The average Bonchev–Trinajstić information content (AvgIpc) is 2.31. The molecule has 0 fully saturated rings. The van der Waals surface area contributed by atoms with Crippen LogP contribution in [0.1, 0.15) is 28.8 Å². The number of alkyl halides is 3. The molecule has 6 heteroatoms. The molecule has 0 radical (unpaired) electrons. The molecule has 1 aliphatic heterocycles. The Bertz CT molecular complexity index is 537. The number of Topliss-reactive ketones (excluding diaryl/α,β-unsaturated/α-hetero) is 1. The quantitative estimate of drug-likeness (QED) is 0.776. The lowest BCUT2D eigenvalue weighted by Crippen LogP contribution is -2.31. The molecule has 2 rings (SSSR count). The summed E-state index contributed by atoms with van der Waals surface area (Å²) in [6.07, 6.45) is -5.20. The molecule has 0 saturated heterocycles. The highest BCUT2D eigenvalue weighted by molar-refractivity contribution is 5.99. The molecule has 0 atom stereocenters. The summed E-state index contributed by atoms with van der Waals surface area (Å²) in [6.45, 7) is 0. The number of amides is 1. The van der Waals surface area contributed by atoms with Gasteiger partial charge in [0.25, 0.3) is 0 Å². The van der Waals surface area contributed by atoms with Gasteiger partial charge in [0.2, 0.25) is 5.91 Å². The number of fused-ring (bicyclic) bond motifs is 1.